The highest BCUT2D eigenvalue weighted by molar-refractivity contribution is 5.47. The molecular formula is C7H14NO. The van der Waals surface area contributed by atoms with Crippen molar-refractivity contribution in [1.29, 1.82) is 0 Å². The van der Waals surface area contributed by atoms with Gasteiger partial charge in [0, 0.05) is 13.1 Å². The van der Waals surface area contributed by atoms with Gasteiger partial charge in [0.25, 0.3) is 0 Å². The highest BCUT2D eigenvalue weighted by Gasteiger charge is 2.00. The van der Waals surface area contributed by atoms with Crippen molar-refractivity contribution in [1.82, 2.24) is 4.90 Å². The van der Waals surface area contributed by atoms with Gasteiger partial charge < -0.3 is 4.90 Å². The van der Waals surface area contributed by atoms with Crippen LogP contribution in [0.5, 0.6) is 0 Å². The molecule has 0 aliphatic rings. The Kier molecular flexibility index (Phi) is 4.10. The molecule has 0 fully saturated rings. The predicted octanol–water partition coefficient (Wildman–Crippen LogP) is 1.03. The minimum atomic E-state index is 0.548. The molecule has 53 valence electrons. The van der Waals surface area contributed by atoms with E-state index < -0.39 is 0 Å². The second-order valence-corrected chi connectivity index (χ2v) is 2.52. The highest BCUT2D eigenvalue weighted by atomic mass is 16.1. The molecule has 0 atom stereocenters. The van der Waals surface area contributed by atoms with Gasteiger partial charge in [0.15, 0.2) is 0 Å². The van der Waals surface area contributed by atoms with Gasteiger partial charge in [-0.15, -0.1) is 0 Å². The summed E-state index contributed by atoms with van der Waals surface area (Å²) in [6.45, 7) is 7.70. The first kappa shape index (κ1) is 8.47. The predicted molar refractivity (Wildman–Crippen MR) is 37.8 cm³/mol. The van der Waals surface area contributed by atoms with Crippen molar-refractivity contribution in [3.05, 3.63) is 0 Å². The summed E-state index contributed by atoms with van der Waals surface area (Å²) in [5.74, 6) is 0.548. The average molecular weight is 128 g/mol. The maximum atomic E-state index is 10.1. The number of nitrogens with zero attached hydrogens (tertiary/aromatic N) is 1. The van der Waals surface area contributed by atoms with Crippen molar-refractivity contribution in [2.45, 2.75) is 20.8 Å². The largest absolute Gasteiger partial charge is 0.334 e. The molecule has 9 heavy (non-hydrogen) atoms. The van der Waals surface area contributed by atoms with E-state index >= 15 is 0 Å². The molecule has 0 rings (SSSR count). The zero-order valence-electron chi connectivity index (χ0n) is 6.35. The van der Waals surface area contributed by atoms with Crippen LogP contribution in [0.15, 0.2) is 0 Å². The van der Waals surface area contributed by atoms with Gasteiger partial charge in [-0.3, -0.25) is 4.79 Å². The second-order valence-electron chi connectivity index (χ2n) is 2.52. The zero-order valence-corrected chi connectivity index (χ0v) is 6.35. The molecule has 0 heterocycles. The summed E-state index contributed by atoms with van der Waals surface area (Å²) in [5.41, 5.74) is 0. The molecule has 0 aromatic carbocycles. The Hall–Kier alpha value is -0.530. The molecule has 0 aromatic rings. The van der Waals surface area contributed by atoms with Crippen LogP contribution < -0.4 is 0 Å². The lowest BCUT2D eigenvalue weighted by atomic mass is 10.2. The van der Waals surface area contributed by atoms with Crippen molar-refractivity contribution in [2.24, 2.45) is 5.92 Å². The average Bonchev–Trinajstić information content (AvgIpc) is 1.82. The molecule has 1 amide bonds. The monoisotopic (exact) mass is 128 g/mol. The van der Waals surface area contributed by atoms with Crippen molar-refractivity contribution in [3.63, 3.8) is 0 Å². The molecule has 0 bridgehead atoms. The maximum absolute atomic E-state index is 10.1. The van der Waals surface area contributed by atoms with Crippen LogP contribution in [0.3, 0.4) is 0 Å². The minimum absolute atomic E-state index is 0.548. The summed E-state index contributed by atoms with van der Waals surface area (Å²) >= 11 is 0. The van der Waals surface area contributed by atoms with Gasteiger partial charge in [-0.2, -0.15) is 0 Å². The van der Waals surface area contributed by atoms with Gasteiger partial charge in [0.2, 0.25) is 0 Å². The molecule has 1 radical (unpaired) electrons. The Labute approximate surface area is 56.9 Å². The summed E-state index contributed by atoms with van der Waals surface area (Å²) in [4.78, 5) is 11.7. The van der Waals surface area contributed by atoms with Crippen LogP contribution >= 0.6 is 0 Å². The second kappa shape index (κ2) is 4.36. The number of hydrogen-bond donors (Lipinski definition) is 0. The molecule has 0 aliphatic carbocycles. The van der Waals surface area contributed by atoms with E-state index in [0.29, 0.717) is 5.92 Å². The summed E-state index contributed by atoms with van der Waals surface area (Å²) in [5, 5.41) is 0. The summed E-state index contributed by atoms with van der Waals surface area (Å²) in [6, 6.07) is 0. The minimum Gasteiger partial charge on any atom is -0.334 e. The first-order valence-electron chi connectivity index (χ1n) is 3.33. The van der Waals surface area contributed by atoms with Gasteiger partial charge in [0.1, 0.15) is 0 Å². The van der Waals surface area contributed by atoms with E-state index in [1.165, 1.54) is 0 Å². The lowest BCUT2D eigenvalue weighted by molar-refractivity contribution is 0.353. The van der Waals surface area contributed by atoms with E-state index in [2.05, 4.69) is 13.8 Å². The van der Waals surface area contributed by atoms with Crippen molar-refractivity contribution in [2.75, 3.05) is 13.1 Å². The Morgan fingerprint density at radius 2 is 2.11 bits per heavy atom. The van der Waals surface area contributed by atoms with E-state index in [-0.39, 0.29) is 0 Å². The van der Waals surface area contributed by atoms with Gasteiger partial charge in [-0.25, -0.2) is 0 Å². The quantitative estimate of drug-likeness (QED) is 0.518. The fourth-order valence-corrected chi connectivity index (χ4v) is 0.672. The van der Waals surface area contributed by atoms with Crippen molar-refractivity contribution >= 4 is 6.41 Å². The third-order valence-electron chi connectivity index (χ3n) is 1.10. The van der Waals surface area contributed by atoms with Crippen LogP contribution in [-0.4, -0.2) is 24.4 Å². The smallest absolute Gasteiger partial charge is 0.312 e. The molecule has 0 aliphatic heterocycles. The third kappa shape index (κ3) is 4.01. The number of rotatable bonds is 4. The standard InChI is InChI=1S/C7H14NO/c1-4-8(6-9)5-7(2)3/h7H,4-5H2,1-3H3. The first-order valence-corrected chi connectivity index (χ1v) is 3.33. The fraction of sp³-hybridized carbons (Fsp3) is 0.857. The van der Waals surface area contributed by atoms with E-state index in [0.717, 1.165) is 13.1 Å². The van der Waals surface area contributed by atoms with Gasteiger partial charge in [-0.1, -0.05) is 13.8 Å². The number of amides is 1. The Balaban J connectivity index is 3.42. The first-order chi connectivity index (χ1) is 4.20. The summed E-state index contributed by atoms with van der Waals surface area (Å²) < 4.78 is 0. The summed E-state index contributed by atoms with van der Waals surface area (Å²) in [6.07, 6.45) is 1.87. The van der Waals surface area contributed by atoms with E-state index in [1.54, 1.807) is 4.90 Å². The van der Waals surface area contributed by atoms with Crippen LogP contribution in [0.4, 0.5) is 0 Å². The molecule has 0 saturated heterocycles. The van der Waals surface area contributed by atoms with Crippen LogP contribution in [0.25, 0.3) is 0 Å². The molecule has 0 saturated carbocycles. The number of hydrogen-bond acceptors (Lipinski definition) is 1. The van der Waals surface area contributed by atoms with E-state index in [4.69, 9.17) is 0 Å². The molecule has 0 N–H and O–H groups in total. The molecular weight excluding hydrogens is 114 g/mol. The third-order valence-corrected chi connectivity index (χ3v) is 1.10. The van der Waals surface area contributed by atoms with Crippen LogP contribution in [0.1, 0.15) is 20.8 Å². The number of carbonyl (C=O) groups excluding carboxylic acids is 1. The Morgan fingerprint density at radius 1 is 1.56 bits per heavy atom. The molecule has 2 heteroatoms. The highest BCUT2D eigenvalue weighted by Crippen LogP contribution is 1.94. The van der Waals surface area contributed by atoms with E-state index in [9.17, 15) is 4.79 Å². The lowest BCUT2D eigenvalue weighted by Gasteiger charge is -2.15. The molecule has 0 unspecified atom stereocenters. The van der Waals surface area contributed by atoms with Gasteiger partial charge in [-0.05, 0) is 12.8 Å². The molecule has 0 spiro atoms. The SMILES string of the molecule is CCN([C]=O)CC(C)C. The lowest BCUT2D eigenvalue weighted by Crippen LogP contribution is -2.25. The van der Waals surface area contributed by atoms with Crippen LogP contribution in [0, 0.1) is 5.92 Å². The van der Waals surface area contributed by atoms with Crippen molar-refractivity contribution in [3.8, 4) is 0 Å². The maximum Gasteiger partial charge on any atom is 0.312 e. The molecule has 0 aromatic heterocycles. The fourth-order valence-electron chi connectivity index (χ4n) is 0.672. The van der Waals surface area contributed by atoms with Crippen LogP contribution in [-0.2, 0) is 4.79 Å². The Bertz CT molecular complexity index is 81.0. The van der Waals surface area contributed by atoms with Gasteiger partial charge in [0.05, 0.1) is 0 Å². The van der Waals surface area contributed by atoms with Crippen molar-refractivity contribution < 1.29 is 4.79 Å². The topological polar surface area (TPSA) is 20.3 Å². The summed E-state index contributed by atoms with van der Waals surface area (Å²) in [7, 11) is 0. The normalized spacial score (nSPS) is 9.78. The van der Waals surface area contributed by atoms with Crippen LogP contribution in [0.2, 0.25) is 0 Å². The Morgan fingerprint density at radius 3 is 2.22 bits per heavy atom. The van der Waals surface area contributed by atoms with E-state index in [1.807, 2.05) is 13.3 Å². The zero-order chi connectivity index (χ0) is 7.28. The van der Waals surface area contributed by atoms with Gasteiger partial charge >= 0.3 is 6.41 Å². The molecule has 2 nitrogen and oxygen atoms in total.